The third-order valence-corrected chi connectivity index (χ3v) is 2.27. The van der Waals surface area contributed by atoms with E-state index in [2.05, 4.69) is 5.32 Å². The minimum atomic E-state index is -4.15. The van der Waals surface area contributed by atoms with Gasteiger partial charge in [0.1, 0.15) is 0 Å². The molecule has 0 aliphatic heterocycles. The Bertz CT molecular complexity index is 370. The predicted octanol–water partition coefficient (Wildman–Crippen LogP) is 3.64. The molecule has 17 heavy (non-hydrogen) atoms. The highest BCUT2D eigenvalue weighted by Gasteiger charge is 2.25. The fraction of sp³-hybridized carbons (Fsp3) is 0.417. The van der Waals surface area contributed by atoms with Crippen LogP contribution in [-0.4, -0.2) is 18.5 Å². The molecule has 1 aromatic carbocycles. The van der Waals surface area contributed by atoms with Crippen molar-refractivity contribution >= 4 is 11.5 Å². The summed E-state index contributed by atoms with van der Waals surface area (Å²) in [5.41, 5.74) is 1.16. The van der Waals surface area contributed by atoms with Gasteiger partial charge in [0.25, 0.3) is 0 Å². The summed E-state index contributed by atoms with van der Waals surface area (Å²) in [4.78, 5) is 11.3. The number of anilines is 1. The molecule has 0 spiro atoms. The molecule has 0 atom stereocenters. The van der Waals surface area contributed by atoms with Gasteiger partial charge in [0.05, 0.1) is 6.42 Å². The lowest BCUT2D eigenvalue weighted by molar-refractivity contribution is -0.131. The number of alkyl halides is 3. The number of hydrogen-bond acceptors (Lipinski definition) is 2. The van der Waals surface area contributed by atoms with Gasteiger partial charge < -0.3 is 5.32 Å². The van der Waals surface area contributed by atoms with Crippen molar-refractivity contribution in [3.8, 4) is 0 Å². The maximum Gasteiger partial charge on any atom is 0.390 e. The van der Waals surface area contributed by atoms with E-state index in [0.29, 0.717) is 17.7 Å². The zero-order valence-electron chi connectivity index (χ0n) is 9.47. The van der Waals surface area contributed by atoms with Gasteiger partial charge in [-0.3, -0.25) is 4.79 Å². The lowest BCUT2D eigenvalue weighted by atomic mass is 10.1. The number of benzene rings is 1. The van der Waals surface area contributed by atoms with Gasteiger partial charge in [-0.15, -0.1) is 0 Å². The first-order valence-corrected chi connectivity index (χ1v) is 5.36. The van der Waals surface area contributed by atoms with Crippen LogP contribution in [0.4, 0.5) is 18.9 Å². The molecule has 0 saturated heterocycles. The fourth-order valence-corrected chi connectivity index (χ4v) is 1.33. The summed E-state index contributed by atoms with van der Waals surface area (Å²) >= 11 is 0. The van der Waals surface area contributed by atoms with Crippen LogP contribution in [0, 0.1) is 0 Å². The van der Waals surface area contributed by atoms with E-state index in [1.54, 1.807) is 31.2 Å². The third-order valence-electron chi connectivity index (χ3n) is 2.27. The van der Waals surface area contributed by atoms with Gasteiger partial charge in [0.15, 0.2) is 5.78 Å². The Balaban J connectivity index is 2.49. The molecule has 5 heteroatoms. The van der Waals surface area contributed by atoms with Crippen LogP contribution in [0.15, 0.2) is 24.3 Å². The topological polar surface area (TPSA) is 29.1 Å². The molecule has 0 fully saturated rings. The highest BCUT2D eigenvalue weighted by molar-refractivity contribution is 5.96. The molecule has 1 aromatic rings. The minimum Gasteiger partial charge on any atom is -0.385 e. The van der Waals surface area contributed by atoms with E-state index in [4.69, 9.17) is 0 Å². The summed E-state index contributed by atoms with van der Waals surface area (Å²) < 4.78 is 35.7. The van der Waals surface area contributed by atoms with E-state index >= 15 is 0 Å². The van der Waals surface area contributed by atoms with E-state index in [-0.39, 0.29) is 12.3 Å². The molecule has 0 radical (unpaired) electrons. The van der Waals surface area contributed by atoms with Crippen molar-refractivity contribution in [1.82, 2.24) is 0 Å². The molecular weight excluding hydrogens is 231 g/mol. The zero-order chi connectivity index (χ0) is 12.9. The van der Waals surface area contributed by atoms with Crippen molar-refractivity contribution in [2.75, 3.05) is 11.9 Å². The van der Waals surface area contributed by atoms with Gasteiger partial charge in [0, 0.05) is 24.2 Å². The number of Topliss-reactive ketones (excluding diaryl/α,β-unsaturated/α-hetero) is 1. The van der Waals surface area contributed by atoms with Crippen LogP contribution < -0.4 is 5.32 Å². The summed E-state index contributed by atoms with van der Waals surface area (Å²) in [7, 11) is 0. The molecule has 0 saturated carbocycles. The SMILES string of the molecule is CCC(=O)c1ccc(NCCC(F)(F)F)cc1. The Morgan fingerprint density at radius 3 is 2.29 bits per heavy atom. The second kappa shape index (κ2) is 5.70. The Morgan fingerprint density at radius 2 is 1.82 bits per heavy atom. The van der Waals surface area contributed by atoms with E-state index < -0.39 is 12.6 Å². The van der Waals surface area contributed by atoms with Crippen molar-refractivity contribution in [2.45, 2.75) is 25.9 Å². The smallest absolute Gasteiger partial charge is 0.385 e. The van der Waals surface area contributed by atoms with Gasteiger partial charge >= 0.3 is 6.18 Å². The summed E-state index contributed by atoms with van der Waals surface area (Å²) in [6.07, 6.45) is -4.60. The molecule has 0 bridgehead atoms. The van der Waals surface area contributed by atoms with Crippen molar-refractivity contribution in [3.63, 3.8) is 0 Å². The number of halogens is 3. The number of hydrogen-bond donors (Lipinski definition) is 1. The largest absolute Gasteiger partial charge is 0.390 e. The number of nitrogens with one attached hydrogen (secondary N) is 1. The monoisotopic (exact) mass is 245 g/mol. The van der Waals surface area contributed by atoms with E-state index in [0.717, 1.165) is 0 Å². The Labute approximate surface area is 97.8 Å². The summed E-state index contributed by atoms with van der Waals surface area (Å²) in [6, 6.07) is 6.45. The highest BCUT2D eigenvalue weighted by Crippen LogP contribution is 2.19. The van der Waals surface area contributed by atoms with Crippen LogP contribution in [0.25, 0.3) is 0 Å². The van der Waals surface area contributed by atoms with Crippen molar-refractivity contribution in [3.05, 3.63) is 29.8 Å². The molecule has 1 rings (SSSR count). The standard InChI is InChI=1S/C12H14F3NO/c1-2-11(17)9-3-5-10(6-4-9)16-8-7-12(13,14)15/h3-6,16H,2,7-8H2,1H3. The Hall–Kier alpha value is -1.52. The summed E-state index contributed by atoms with van der Waals surface area (Å²) in [5, 5.41) is 2.65. The van der Waals surface area contributed by atoms with Crippen LogP contribution in [0.2, 0.25) is 0 Å². The zero-order valence-corrected chi connectivity index (χ0v) is 9.47. The van der Waals surface area contributed by atoms with E-state index in [9.17, 15) is 18.0 Å². The first kappa shape index (κ1) is 13.5. The fourth-order valence-electron chi connectivity index (χ4n) is 1.33. The maximum absolute atomic E-state index is 11.9. The molecule has 0 heterocycles. The van der Waals surface area contributed by atoms with Gasteiger partial charge in [0.2, 0.25) is 0 Å². The average Bonchev–Trinajstić information content (AvgIpc) is 2.27. The molecule has 0 unspecified atom stereocenters. The summed E-state index contributed by atoms with van der Waals surface area (Å²) in [6.45, 7) is 1.60. The van der Waals surface area contributed by atoms with Crippen molar-refractivity contribution in [2.24, 2.45) is 0 Å². The van der Waals surface area contributed by atoms with Crippen LogP contribution in [0.1, 0.15) is 30.1 Å². The molecular formula is C12H14F3NO. The first-order chi connectivity index (χ1) is 7.92. The van der Waals surface area contributed by atoms with Crippen molar-refractivity contribution < 1.29 is 18.0 Å². The Morgan fingerprint density at radius 1 is 1.24 bits per heavy atom. The van der Waals surface area contributed by atoms with Gasteiger partial charge in [-0.05, 0) is 24.3 Å². The van der Waals surface area contributed by atoms with Crippen LogP contribution in [0.3, 0.4) is 0 Å². The first-order valence-electron chi connectivity index (χ1n) is 5.36. The van der Waals surface area contributed by atoms with E-state index in [1.807, 2.05) is 0 Å². The third kappa shape index (κ3) is 4.89. The Kier molecular flexibility index (Phi) is 4.54. The normalized spacial score (nSPS) is 11.3. The number of rotatable bonds is 5. The number of carbonyl (C=O) groups excluding carboxylic acids is 1. The average molecular weight is 245 g/mol. The van der Waals surface area contributed by atoms with Crippen LogP contribution in [0.5, 0.6) is 0 Å². The second-order valence-electron chi connectivity index (χ2n) is 3.65. The van der Waals surface area contributed by atoms with Crippen LogP contribution >= 0.6 is 0 Å². The number of carbonyl (C=O) groups is 1. The molecule has 0 aliphatic carbocycles. The summed E-state index contributed by atoms with van der Waals surface area (Å²) in [5.74, 6) is 0.0202. The lowest BCUT2D eigenvalue weighted by Gasteiger charge is -2.09. The molecule has 1 N–H and O–H groups in total. The second-order valence-corrected chi connectivity index (χ2v) is 3.65. The molecule has 94 valence electrons. The molecule has 0 aromatic heterocycles. The molecule has 2 nitrogen and oxygen atoms in total. The van der Waals surface area contributed by atoms with Crippen molar-refractivity contribution in [1.29, 1.82) is 0 Å². The quantitative estimate of drug-likeness (QED) is 0.802. The van der Waals surface area contributed by atoms with E-state index in [1.165, 1.54) is 0 Å². The van der Waals surface area contributed by atoms with Gasteiger partial charge in [-0.25, -0.2) is 0 Å². The van der Waals surface area contributed by atoms with Gasteiger partial charge in [-0.1, -0.05) is 6.92 Å². The minimum absolute atomic E-state index is 0.0202. The van der Waals surface area contributed by atoms with Gasteiger partial charge in [-0.2, -0.15) is 13.2 Å². The number of ketones is 1. The lowest BCUT2D eigenvalue weighted by Crippen LogP contribution is -2.14. The predicted molar refractivity (Wildman–Crippen MR) is 60.2 cm³/mol. The maximum atomic E-state index is 11.9. The molecule has 0 amide bonds. The highest BCUT2D eigenvalue weighted by atomic mass is 19.4. The molecule has 0 aliphatic rings. The van der Waals surface area contributed by atoms with Crippen LogP contribution in [-0.2, 0) is 0 Å².